The average molecular weight is 457 g/mol. The highest BCUT2D eigenvalue weighted by atomic mass is 16.2. The zero-order chi connectivity index (χ0) is 23.8. The predicted octanol–water partition coefficient (Wildman–Crippen LogP) is 3.82. The first-order chi connectivity index (χ1) is 16.4. The molecule has 1 fully saturated rings. The van der Waals surface area contributed by atoms with Crippen LogP contribution in [0.25, 0.3) is 16.5 Å². The standard InChI is InChI=1S/C28H32N4O2/c1-19-8-10-20(11-9-19)25-26(31(3)22-13-15-30(2)16-14-22)28(34)32(27(25)33)17-12-21-18-29-24-7-5-4-6-23(21)24/h4-11,18,22,29H,12-17H2,1-3H3. The minimum Gasteiger partial charge on any atom is -0.366 e. The maximum absolute atomic E-state index is 13.7. The van der Waals surface area contributed by atoms with Crippen molar-refractivity contribution >= 4 is 28.3 Å². The van der Waals surface area contributed by atoms with E-state index in [0.29, 0.717) is 24.2 Å². The number of carbonyl (C=O) groups is 2. The first-order valence-corrected chi connectivity index (χ1v) is 12.1. The Morgan fingerprint density at radius 2 is 1.71 bits per heavy atom. The van der Waals surface area contributed by atoms with Gasteiger partial charge in [-0.15, -0.1) is 0 Å². The number of nitrogens with zero attached hydrogens (tertiary/aromatic N) is 3. The summed E-state index contributed by atoms with van der Waals surface area (Å²) in [7, 11) is 4.11. The first kappa shape index (κ1) is 22.4. The third-order valence-electron chi connectivity index (χ3n) is 7.35. The molecule has 0 atom stereocenters. The van der Waals surface area contributed by atoms with E-state index in [4.69, 9.17) is 0 Å². The van der Waals surface area contributed by atoms with Gasteiger partial charge in [0.15, 0.2) is 0 Å². The summed E-state index contributed by atoms with van der Waals surface area (Å²) in [6, 6.07) is 16.3. The second-order valence-electron chi connectivity index (χ2n) is 9.61. The lowest BCUT2D eigenvalue weighted by atomic mass is 9.99. The molecule has 0 aliphatic carbocycles. The lowest BCUT2D eigenvalue weighted by Crippen LogP contribution is -2.43. The number of likely N-dealkylation sites (tertiary alicyclic amines) is 1. The quantitative estimate of drug-likeness (QED) is 0.573. The van der Waals surface area contributed by atoms with E-state index < -0.39 is 0 Å². The highest BCUT2D eigenvalue weighted by molar-refractivity contribution is 6.35. The maximum atomic E-state index is 13.7. The summed E-state index contributed by atoms with van der Waals surface area (Å²) in [6.07, 6.45) is 4.56. The number of fused-ring (bicyclic) bond motifs is 1. The number of amides is 2. The van der Waals surface area contributed by atoms with Crippen molar-refractivity contribution in [1.82, 2.24) is 19.7 Å². The number of aryl methyl sites for hydroxylation is 1. The predicted molar refractivity (Wildman–Crippen MR) is 135 cm³/mol. The maximum Gasteiger partial charge on any atom is 0.277 e. The van der Waals surface area contributed by atoms with Crippen molar-refractivity contribution in [3.63, 3.8) is 0 Å². The molecular formula is C28H32N4O2. The number of imide groups is 1. The number of carbonyl (C=O) groups excluding carboxylic acids is 2. The van der Waals surface area contributed by atoms with Gasteiger partial charge in [-0.3, -0.25) is 14.5 Å². The van der Waals surface area contributed by atoms with Gasteiger partial charge in [-0.05, 0) is 63.5 Å². The van der Waals surface area contributed by atoms with Gasteiger partial charge in [0, 0.05) is 36.7 Å². The van der Waals surface area contributed by atoms with Gasteiger partial charge in [-0.1, -0.05) is 48.0 Å². The van der Waals surface area contributed by atoms with Crippen molar-refractivity contribution in [1.29, 1.82) is 0 Å². The van der Waals surface area contributed by atoms with Crippen LogP contribution in [0.4, 0.5) is 0 Å². The highest BCUT2D eigenvalue weighted by Crippen LogP contribution is 2.34. The SMILES string of the molecule is Cc1ccc(C2=C(N(C)C3CCN(C)CC3)C(=O)N(CCc3c[nH]c4ccccc34)C2=O)cc1. The summed E-state index contributed by atoms with van der Waals surface area (Å²) in [5, 5.41) is 1.14. The topological polar surface area (TPSA) is 59.6 Å². The van der Waals surface area contributed by atoms with Crippen LogP contribution in [-0.2, 0) is 16.0 Å². The number of H-pyrrole nitrogens is 1. The van der Waals surface area contributed by atoms with E-state index in [0.717, 1.165) is 53.5 Å². The molecule has 0 radical (unpaired) electrons. The molecular weight excluding hydrogens is 424 g/mol. The molecule has 0 saturated carbocycles. The van der Waals surface area contributed by atoms with Crippen molar-refractivity contribution in [3.8, 4) is 0 Å². The minimum atomic E-state index is -0.191. The normalized spacial score (nSPS) is 17.9. The Hall–Kier alpha value is -3.38. The second-order valence-corrected chi connectivity index (χ2v) is 9.61. The molecule has 2 aliphatic heterocycles. The van der Waals surface area contributed by atoms with Gasteiger partial charge in [0.05, 0.1) is 5.57 Å². The third-order valence-corrected chi connectivity index (χ3v) is 7.35. The Morgan fingerprint density at radius 1 is 1.00 bits per heavy atom. The van der Waals surface area contributed by atoms with Gasteiger partial charge in [0.25, 0.3) is 11.8 Å². The summed E-state index contributed by atoms with van der Waals surface area (Å²) < 4.78 is 0. The van der Waals surface area contributed by atoms with Crippen molar-refractivity contribution < 1.29 is 9.59 Å². The molecule has 1 aromatic heterocycles. The molecule has 34 heavy (non-hydrogen) atoms. The molecule has 6 heteroatoms. The van der Waals surface area contributed by atoms with Crippen molar-refractivity contribution in [2.24, 2.45) is 0 Å². The zero-order valence-corrected chi connectivity index (χ0v) is 20.2. The monoisotopic (exact) mass is 456 g/mol. The van der Waals surface area contributed by atoms with E-state index in [1.165, 1.54) is 4.90 Å². The number of aromatic nitrogens is 1. The summed E-state index contributed by atoms with van der Waals surface area (Å²) >= 11 is 0. The molecule has 1 N–H and O–H groups in total. The molecule has 2 amide bonds. The number of aromatic amines is 1. The fourth-order valence-corrected chi connectivity index (χ4v) is 5.21. The fraction of sp³-hybridized carbons (Fsp3) is 0.357. The van der Waals surface area contributed by atoms with E-state index in [-0.39, 0.29) is 17.9 Å². The van der Waals surface area contributed by atoms with E-state index >= 15 is 0 Å². The molecule has 2 aliphatic rings. The van der Waals surface area contributed by atoms with Crippen LogP contribution in [0.1, 0.15) is 29.5 Å². The minimum absolute atomic E-state index is 0.179. The molecule has 0 unspecified atom stereocenters. The molecule has 1 saturated heterocycles. The van der Waals surface area contributed by atoms with Crippen molar-refractivity contribution in [2.75, 3.05) is 33.7 Å². The summed E-state index contributed by atoms with van der Waals surface area (Å²) in [5.41, 5.74) is 5.20. The molecule has 2 aromatic carbocycles. The van der Waals surface area contributed by atoms with Gasteiger partial charge in [-0.2, -0.15) is 0 Å². The van der Waals surface area contributed by atoms with E-state index in [2.05, 4.69) is 27.9 Å². The second kappa shape index (κ2) is 9.11. The smallest absolute Gasteiger partial charge is 0.277 e. The fourth-order valence-electron chi connectivity index (χ4n) is 5.21. The number of hydrogen-bond donors (Lipinski definition) is 1. The van der Waals surface area contributed by atoms with E-state index in [1.54, 1.807) is 0 Å². The van der Waals surface area contributed by atoms with Gasteiger partial charge < -0.3 is 14.8 Å². The van der Waals surface area contributed by atoms with Crippen LogP contribution in [-0.4, -0.2) is 71.3 Å². The number of hydrogen-bond acceptors (Lipinski definition) is 4. The summed E-state index contributed by atoms with van der Waals surface area (Å²) in [5.74, 6) is -0.370. The Kier molecular flexibility index (Phi) is 6.00. The summed E-state index contributed by atoms with van der Waals surface area (Å²) in [6.45, 7) is 4.38. The van der Waals surface area contributed by atoms with E-state index in [1.807, 2.05) is 62.6 Å². The summed E-state index contributed by atoms with van der Waals surface area (Å²) in [4.78, 5) is 36.5. The lowest BCUT2D eigenvalue weighted by molar-refractivity contribution is -0.137. The Labute approximate surface area is 200 Å². The van der Waals surface area contributed by atoms with Crippen molar-refractivity contribution in [3.05, 3.63) is 77.1 Å². The Balaban J connectivity index is 1.45. The lowest BCUT2D eigenvalue weighted by Gasteiger charge is -2.36. The molecule has 0 spiro atoms. The molecule has 0 bridgehead atoms. The zero-order valence-electron chi connectivity index (χ0n) is 20.2. The number of nitrogens with one attached hydrogen (secondary N) is 1. The molecule has 6 nitrogen and oxygen atoms in total. The van der Waals surface area contributed by atoms with Crippen LogP contribution < -0.4 is 0 Å². The first-order valence-electron chi connectivity index (χ1n) is 12.1. The van der Waals surface area contributed by atoms with Gasteiger partial charge in [-0.25, -0.2) is 0 Å². The van der Waals surface area contributed by atoms with Crippen LogP contribution in [0.3, 0.4) is 0 Å². The van der Waals surface area contributed by atoms with Crippen molar-refractivity contribution in [2.45, 2.75) is 32.2 Å². The molecule has 5 rings (SSSR count). The number of benzene rings is 2. The van der Waals surface area contributed by atoms with Crippen LogP contribution in [0.5, 0.6) is 0 Å². The number of rotatable bonds is 6. The van der Waals surface area contributed by atoms with Gasteiger partial charge in [0.2, 0.25) is 0 Å². The average Bonchev–Trinajstić information content (AvgIpc) is 3.36. The third kappa shape index (κ3) is 4.03. The molecule has 3 aromatic rings. The van der Waals surface area contributed by atoms with Crippen LogP contribution in [0.15, 0.2) is 60.4 Å². The van der Waals surface area contributed by atoms with Gasteiger partial charge >= 0.3 is 0 Å². The van der Waals surface area contributed by atoms with Crippen LogP contribution in [0, 0.1) is 6.92 Å². The molecule has 176 valence electrons. The number of para-hydroxylation sites is 1. The van der Waals surface area contributed by atoms with Gasteiger partial charge in [0.1, 0.15) is 5.70 Å². The van der Waals surface area contributed by atoms with Crippen LogP contribution >= 0.6 is 0 Å². The van der Waals surface area contributed by atoms with Crippen LogP contribution in [0.2, 0.25) is 0 Å². The number of likely N-dealkylation sites (N-methyl/N-ethyl adjacent to an activating group) is 1. The largest absolute Gasteiger partial charge is 0.366 e. The Bertz CT molecular complexity index is 1250. The number of piperidine rings is 1. The molecule has 3 heterocycles. The highest BCUT2D eigenvalue weighted by Gasteiger charge is 2.42. The Morgan fingerprint density at radius 3 is 2.44 bits per heavy atom. The van der Waals surface area contributed by atoms with E-state index in [9.17, 15) is 9.59 Å².